The number of hydrogen-bond donors (Lipinski definition) is 6. The van der Waals surface area contributed by atoms with Crippen molar-refractivity contribution >= 4 is 0 Å². The van der Waals surface area contributed by atoms with Crippen molar-refractivity contribution in [3.8, 4) is 0 Å². The van der Waals surface area contributed by atoms with Gasteiger partial charge in [-0.2, -0.15) is 0 Å². The van der Waals surface area contributed by atoms with Gasteiger partial charge in [-0.05, 0) is 111 Å². The number of aliphatic hydroxyl groups is 6. The van der Waals surface area contributed by atoms with Gasteiger partial charge in [-0.15, -0.1) is 0 Å². The Labute approximate surface area is 264 Å². The summed E-state index contributed by atoms with van der Waals surface area (Å²) in [6, 6.07) is 0. The number of hydrogen-bond acceptors (Lipinski definition) is 8. The molecule has 0 unspecified atom stereocenters. The Morgan fingerprint density at radius 2 is 1.55 bits per heavy atom. The van der Waals surface area contributed by atoms with E-state index in [1.165, 1.54) is 11.1 Å². The zero-order valence-corrected chi connectivity index (χ0v) is 28.2. The van der Waals surface area contributed by atoms with Crippen LogP contribution in [-0.2, 0) is 9.47 Å². The molecule has 5 rings (SSSR count). The molecule has 1 heterocycles. The molecule has 0 radical (unpaired) electrons. The van der Waals surface area contributed by atoms with Gasteiger partial charge in [-0.3, -0.25) is 0 Å². The topological polar surface area (TPSA) is 140 Å². The van der Waals surface area contributed by atoms with Crippen molar-refractivity contribution in [2.24, 2.45) is 45.3 Å². The highest BCUT2D eigenvalue weighted by molar-refractivity contribution is 5.24. The highest BCUT2D eigenvalue weighted by atomic mass is 16.7. The van der Waals surface area contributed by atoms with Crippen LogP contribution in [0, 0.1) is 45.3 Å². The molecule has 8 nitrogen and oxygen atoms in total. The lowest BCUT2D eigenvalue weighted by Crippen LogP contribution is -2.70. The van der Waals surface area contributed by atoms with E-state index < -0.39 is 61.0 Å². The summed E-state index contributed by atoms with van der Waals surface area (Å²) in [7, 11) is 0. The third kappa shape index (κ3) is 5.18. The summed E-state index contributed by atoms with van der Waals surface area (Å²) in [5, 5.41) is 65.2. The second kappa shape index (κ2) is 12.0. The summed E-state index contributed by atoms with van der Waals surface area (Å²) in [5.74, 6) is 0.506. The molecular formula is C36H60O8. The first-order valence-corrected chi connectivity index (χ1v) is 17.1. The van der Waals surface area contributed by atoms with Crippen LogP contribution in [0.2, 0.25) is 0 Å². The molecule has 5 fully saturated rings. The maximum Gasteiger partial charge on any atom is 0.186 e. The molecule has 0 aromatic rings. The summed E-state index contributed by atoms with van der Waals surface area (Å²) in [6.45, 7) is 17.2. The maximum absolute atomic E-state index is 12.0. The number of fused-ring (bicyclic) bond motifs is 5. The average Bonchev–Trinajstić information content (AvgIpc) is 3.32. The fourth-order valence-electron chi connectivity index (χ4n) is 11.5. The van der Waals surface area contributed by atoms with Crippen LogP contribution in [0.25, 0.3) is 0 Å². The Kier molecular flexibility index (Phi) is 9.40. The second-order valence-electron chi connectivity index (χ2n) is 16.8. The predicted molar refractivity (Wildman–Crippen MR) is 168 cm³/mol. The largest absolute Gasteiger partial charge is 0.394 e. The van der Waals surface area contributed by atoms with E-state index in [1.54, 1.807) is 0 Å². The van der Waals surface area contributed by atoms with Crippen molar-refractivity contribution in [3.63, 3.8) is 0 Å². The van der Waals surface area contributed by atoms with Crippen molar-refractivity contribution in [3.05, 3.63) is 23.3 Å². The van der Waals surface area contributed by atoms with Crippen molar-refractivity contribution in [1.82, 2.24) is 0 Å². The molecule has 252 valence electrons. The van der Waals surface area contributed by atoms with Gasteiger partial charge in [-0.1, -0.05) is 57.9 Å². The summed E-state index contributed by atoms with van der Waals surface area (Å²) in [5.41, 5.74) is 1.49. The van der Waals surface area contributed by atoms with Crippen LogP contribution < -0.4 is 0 Å². The minimum atomic E-state index is -1.52. The van der Waals surface area contributed by atoms with Gasteiger partial charge in [0.05, 0.1) is 24.9 Å². The van der Waals surface area contributed by atoms with Crippen LogP contribution in [-0.4, -0.2) is 86.3 Å². The van der Waals surface area contributed by atoms with Crippen molar-refractivity contribution in [2.75, 3.05) is 6.61 Å². The summed E-state index contributed by atoms with van der Waals surface area (Å²) >= 11 is 0. The summed E-state index contributed by atoms with van der Waals surface area (Å²) < 4.78 is 12.6. The SMILES string of the molecule is CC(C)=CC/C=C(\C)[C@H]1CC[C@]2(C)[C@H]1[C@H](O)C[C@@H]1[C@@]3(C)CC[C@H](O)C(C)(C)[C@@H]3[C@@H](O[C@@H]3O[C@H](CO)[C@@H](O)[C@H](O)[C@@H]3O)C[C@]12C. The Morgan fingerprint density at radius 1 is 0.864 bits per heavy atom. The standard InChI is InChI=1S/C36H60O8/c1-19(2)10-9-11-20(3)21-12-15-35(7)27(21)22(38)16-25-34(6)14-13-26(39)33(4,5)31(34)23(17-36(25,35)8)43-32-30(42)29(41)28(40)24(18-37)44-32/h10-11,21-32,37-42H,9,12-18H2,1-8H3/b20-11+/t21-,22-,23+,24-,25-,26+,27-,28-,29+,30+,31+,32-,34-,35-,36-/m1/s1. The lowest BCUT2D eigenvalue weighted by molar-refractivity contribution is -0.346. The molecule has 4 saturated carbocycles. The van der Waals surface area contributed by atoms with Crippen LogP contribution in [0.4, 0.5) is 0 Å². The molecule has 6 N–H and O–H groups in total. The van der Waals surface area contributed by atoms with E-state index >= 15 is 0 Å². The molecule has 4 aliphatic carbocycles. The zero-order valence-electron chi connectivity index (χ0n) is 28.2. The van der Waals surface area contributed by atoms with Crippen LogP contribution in [0.3, 0.4) is 0 Å². The number of aliphatic hydroxyl groups excluding tert-OH is 6. The highest BCUT2D eigenvalue weighted by Crippen LogP contribution is 2.76. The lowest BCUT2D eigenvalue weighted by Gasteiger charge is -2.72. The molecular weight excluding hydrogens is 560 g/mol. The van der Waals surface area contributed by atoms with E-state index in [0.717, 1.165) is 25.7 Å². The summed E-state index contributed by atoms with van der Waals surface area (Å²) in [6.07, 6.45) is 2.23. The Bertz CT molecular complexity index is 1110. The fourth-order valence-corrected chi connectivity index (χ4v) is 11.5. The minimum absolute atomic E-state index is 0.112. The van der Waals surface area contributed by atoms with Gasteiger partial charge < -0.3 is 40.1 Å². The molecule has 15 atom stereocenters. The molecule has 0 aromatic heterocycles. The average molecular weight is 621 g/mol. The maximum atomic E-state index is 12.0. The molecule has 1 saturated heterocycles. The van der Waals surface area contributed by atoms with Crippen molar-refractivity contribution < 1.29 is 40.1 Å². The predicted octanol–water partition coefficient (Wildman–Crippen LogP) is 4.10. The number of ether oxygens (including phenoxy) is 2. The van der Waals surface area contributed by atoms with E-state index in [4.69, 9.17) is 9.47 Å². The van der Waals surface area contributed by atoms with Gasteiger partial charge in [0, 0.05) is 0 Å². The van der Waals surface area contributed by atoms with Gasteiger partial charge in [0.15, 0.2) is 6.29 Å². The van der Waals surface area contributed by atoms with Crippen LogP contribution in [0.5, 0.6) is 0 Å². The van der Waals surface area contributed by atoms with Crippen molar-refractivity contribution in [1.29, 1.82) is 0 Å². The van der Waals surface area contributed by atoms with Crippen LogP contribution in [0.15, 0.2) is 23.3 Å². The zero-order chi connectivity index (χ0) is 32.6. The first kappa shape index (κ1) is 34.5. The molecule has 8 heteroatoms. The fraction of sp³-hybridized carbons (Fsp3) is 0.889. The molecule has 0 bridgehead atoms. The molecule has 0 amide bonds. The molecule has 0 spiro atoms. The molecule has 5 aliphatic rings. The van der Waals surface area contributed by atoms with Gasteiger partial charge in [0.25, 0.3) is 0 Å². The van der Waals surface area contributed by atoms with Gasteiger partial charge in [0.2, 0.25) is 0 Å². The Morgan fingerprint density at radius 3 is 2.18 bits per heavy atom. The van der Waals surface area contributed by atoms with Gasteiger partial charge in [0.1, 0.15) is 24.4 Å². The van der Waals surface area contributed by atoms with E-state index in [1.807, 2.05) is 0 Å². The Hall–Kier alpha value is -0.840. The highest BCUT2D eigenvalue weighted by Gasteiger charge is 2.72. The third-order valence-electron chi connectivity index (χ3n) is 13.9. The molecule has 1 aliphatic heterocycles. The van der Waals surface area contributed by atoms with E-state index in [0.29, 0.717) is 25.2 Å². The third-order valence-corrected chi connectivity index (χ3v) is 13.9. The van der Waals surface area contributed by atoms with Gasteiger partial charge >= 0.3 is 0 Å². The minimum Gasteiger partial charge on any atom is -0.394 e. The van der Waals surface area contributed by atoms with Crippen LogP contribution in [0.1, 0.15) is 100 Å². The number of allylic oxidation sites excluding steroid dienone is 4. The van der Waals surface area contributed by atoms with Crippen LogP contribution >= 0.6 is 0 Å². The monoisotopic (exact) mass is 620 g/mol. The smallest absolute Gasteiger partial charge is 0.186 e. The summed E-state index contributed by atoms with van der Waals surface area (Å²) in [4.78, 5) is 0. The van der Waals surface area contributed by atoms with Crippen molar-refractivity contribution in [2.45, 2.75) is 149 Å². The number of rotatable bonds is 6. The van der Waals surface area contributed by atoms with E-state index in [2.05, 4.69) is 67.5 Å². The van der Waals surface area contributed by atoms with Gasteiger partial charge in [-0.25, -0.2) is 0 Å². The second-order valence-corrected chi connectivity index (χ2v) is 16.8. The van der Waals surface area contributed by atoms with E-state index in [9.17, 15) is 30.6 Å². The Balaban J connectivity index is 1.55. The van der Waals surface area contributed by atoms with E-state index in [-0.39, 0.29) is 34.0 Å². The first-order chi connectivity index (χ1) is 20.4. The quantitative estimate of drug-likeness (QED) is 0.193. The lowest BCUT2D eigenvalue weighted by atomic mass is 9.34. The molecule has 44 heavy (non-hydrogen) atoms. The molecule has 0 aromatic carbocycles. The first-order valence-electron chi connectivity index (χ1n) is 17.1. The normalized spacial score (nSPS) is 52.1.